The zero-order valence-electron chi connectivity index (χ0n) is 18.0. The molecule has 1 amide bonds. The number of morpholine rings is 1. The van der Waals surface area contributed by atoms with E-state index in [0.717, 1.165) is 44.3 Å². The minimum Gasteiger partial charge on any atom is -0.490 e. The highest BCUT2D eigenvalue weighted by Crippen LogP contribution is 2.20. The normalized spacial score (nSPS) is 14.0. The van der Waals surface area contributed by atoms with Gasteiger partial charge in [-0.1, -0.05) is 42.5 Å². The van der Waals surface area contributed by atoms with Crippen molar-refractivity contribution in [3.05, 3.63) is 90.0 Å². The van der Waals surface area contributed by atoms with E-state index in [1.165, 1.54) is 5.56 Å². The maximum Gasteiger partial charge on any atom is 0.259 e. The van der Waals surface area contributed by atoms with Gasteiger partial charge in [0.25, 0.3) is 5.91 Å². The fourth-order valence-corrected chi connectivity index (χ4v) is 3.52. The number of ether oxygens (including phenoxy) is 3. The van der Waals surface area contributed by atoms with Gasteiger partial charge in [0, 0.05) is 25.3 Å². The molecule has 4 rings (SSSR count). The average Bonchev–Trinajstić information content (AvgIpc) is 2.85. The van der Waals surface area contributed by atoms with Crippen LogP contribution in [-0.2, 0) is 11.3 Å². The Morgan fingerprint density at radius 3 is 2.31 bits per heavy atom. The first-order valence-electron chi connectivity index (χ1n) is 10.9. The number of amides is 1. The lowest BCUT2D eigenvalue weighted by atomic mass is 10.1. The Kier molecular flexibility index (Phi) is 7.74. The summed E-state index contributed by atoms with van der Waals surface area (Å²) in [6.07, 6.45) is 0. The summed E-state index contributed by atoms with van der Waals surface area (Å²) in [5.74, 6) is 1.12. The van der Waals surface area contributed by atoms with Crippen LogP contribution in [0.15, 0.2) is 78.9 Å². The number of benzene rings is 3. The number of nitrogens with zero attached hydrogens (tertiary/aromatic N) is 1. The van der Waals surface area contributed by atoms with E-state index in [1.807, 2.05) is 54.6 Å². The van der Waals surface area contributed by atoms with Crippen LogP contribution in [0.25, 0.3) is 0 Å². The summed E-state index contributed by atoms with van der Waals surface area (Å²) >= 11 is 0. The van der Waals surface area contributed by atoms with E-state index >= 15 is 0 Å². The predicted molar refractivity (Wildman–Crippen MR) is 124 cm³/mol. The number of nitrogens with one attached hydrogen (secondary N) is 1. The molecular formula is C26H28N2O4. The zero-order chi connectivity index (χ0) is 22.0. The highest BCUT2D eigenvalue weighted by molar-refractivity contribution is 6.06. The smallest absolute Gasteiger partial charge is 0.259 e. The number of carbonyl (C=O) groups is 1. The Morgan fingerprint density at radius 2 is 1.53 bits per heavy atom. The van der Waals surface area contributed by atoms with Gasteiger partial charge in [-0.05, 0) is 42.0 Å². The van der Waals surface area contributed by atoms with Crippen molar-refractivity contribution >= 4 is 11.6 Å². The van der Waals surface area contributed by atoms with E-state index in [-0.39, 0.29) is 5.91 Å². The summed E-state index contributed by atoms with van der Waals surface area (Å²) < 4.78 is 16.9. The maximum absolute atomic E-state index is 12.8. The molecule has 1 saturated heterocycles. The average molecular weight is 433 g/mol. The molecule has 0 aliphatic carbocycles. The van der Waals surface area contributed by atoms with E-state index in [2.05, 4.69) is 22.3 Å². The molecule has 6 nitrogen and oxygen atoms in total. The van der Waals surface area contributed by atoms with Crippen LogP contribution in [-0.4, -0.2) is 50.3 Å². The number of para-hydroxylation sites is 2. The largest absolute Gasteiger partial charge is 0.490 e. The Bertz CT molecular complexity index is 986. The molecule has 0 saturated carbocycles. The van der Waals surface area contributed by atoms with Gasteiger partial charge >= 0.3 is 0 Å². The molecule has 6 heteroatoms. The molecule has 3 aromatic rings. The lowest BCUT2D eigenvalue weighted by Crippen LogP contribution is -2.35. The number of hydrogen-bond donors (Lipinski definition) is 1. The maximum atomic E-state index is 12.8. The minimum absolute atomic E-state index is 0.203. The molecule has 1 fully saturated rings. The zero-order valence-corrected chi connectivity index (χ0v) is 18.0. The monoisotopic (exact) mass is 432 g/mol. The molecule has 1 aliphatic rings. The first-order valence-corrected chi connectivity index (χ1v) is 10.9. The second kappa shape index (κ2) is 11.3. The number of hydrogen-bond acceptors (Lipinski definition) is 5. The molecule has 0 aromatic heterocycles. The van der Waals surface area contributed by atoms with Crippen LogP contribution < -0.4 is 14.8 Å². The van der Waals surface area contributed by atoms with Gasteiger partial charge in [-0.15, -0.1) is 0 Å². The fourth-order valence-electron chi connectivity index (χ4n) is 3.52. The number of carbonyl (C=O) groups excluding carboxylic acids is 1. The van der Waals surface area contributed by atoms with Crippen LogP contribution in [0.3, 0.4) is 0 Å². The number of rotatable bonds is 9. The molecule has 0 atom stereocenters. The minimum atomic E-state index is -0.203. The molecule has 0 bridgehead atoms. The summed E-state index contributed by atoms with van der Waals surface area (Å²) in [5, 5.41) is 2.96. The van der Waals surface area contributed by atoms with Crippen molar-refractivity contribution in [1.29, 1.82) is 0 Å². The lowest BCUT2D eigenvalue weighted by molar-refractivity contribution is 0.0342. The quantitative estimate of drug-likeness (QED) is 0.513. The molecule has 3 aromatic carbocycles. The molecule has 0 radical (unpaired) electrons. The van der Waals surface area contributed by atoms with E-state index in [1.54, 1.807) is 12.1 Å². The second-order valence-electron chi connectivity index (χ2n) is 7.55. The van der Waals surface area contributed by atoms with Crippen LogP contribution in [0.5, 0.6) is 11.5 Å². The third-order valence-electron chi connectivity index (χ3n) is 5.21. The van der Waals surface area contributed by atoms with Crippen molar-refractivity contribution in [1.82, 2.24) is 4.90 Å². The molecule has 166 valence electrons. The molecule has 1 aliphatic heterocycles. The topological polar surface area (TPSA) is 60.0 Å². The highest BCUT2D eigenvalue weighted by Gasteiger charge is 2.13. The van der Waals surface area contributed by atoms with Gasteiger partial charge in [-0.3, -0.25) is 9.69 Å². The predicted octanol–water partition coefficient (Wildman–Crippen LogP) is 4.23. The second-order valence-corrected chi connectivity index (χ2v) is 7.55. The number of anilines is 1. The molecule has 1 N–H and O–H groups in total. The van der Waals surface area contributed by atoms with Gasteiger partial charge in [0.05, 0.1) is 18.8 Å². The van der Waals surface area contributed by atoms with Crippen molar-refractivity contribution in [3.63, 3.8) is 0 Å². The lowest BCUT2D eigenvalue weighted by Gasteiger charge is -2.26. The first kappa shape index (κ1) is 21.9. The van der Waals surface area contributed by atoms with Gasteiger partial charge in [-0.2, -0.15) is 0 Å². The summed E-state index contributed by atoms with van der Waals surface area (Å²) in [5.41, 5.74) is 2.46. The molecule has 32 heavy (non-hydrogen) atoms. The van der Waals surface area contributed by atoms with Crippen molar-refractivity contribution in [2.45, 2.75) is 6.54 Å². The van der Waals surface area contributed by atoms with Crippen LogP contribution in [0, 0.1) is 0 Å². The summed E-state index contributed by atoms with van der Waals surface area (Å²) in [6.45, 7) is 5.10. The Balaban J connectivity index is 1.30. The van der Waals surface area contributed by atoms with E-state index in [0.29, 0.717) is 24.5 Å². The van der Waals surface area contributed by atoms with Crippen LogP contribution >= 0.6 is 0 Å². The van der Waals surface area contributed by atoms with E-state index < -0.39 is 0 Å². The van der Waals surface area contributed by atoms with Gasteiger partial charge < -0.3 is 19.5 Å². The third-order valence-corrected chi connectivity index (χ3v) is 5.21. The SMILES string of the molecule is O=C(Nc1ccc(CN2CCOCC2)cc1)c1ccccc1OCCOc1ccccc1. The highest BCUT2D eigenvalue weighted by atomic mass is 16.5. The Hall–Kier alpha value is -3.35. The van der Waals surface area contributed by atoms with Crippen LogP contribution in [0.2, 0.25) is 0 Å². The van der Waals surface area contributed by atoms with Crippen LogP contribution in [0.4, 0.5) is 5.69 Å². The van der Waals surface area contributed by atoms with Gasteiger partial charge in [-0.25, -0.2) is 0 Å². The van der Waals surface area contributed by atoms with E-state index in [4.69, 9.17) is 14.2 Å². The standard InChI is InChI=1S/C26H28N2O4/c29-26(27-22-12-10-21(11-13-22)20-28-14-16-30-17-15-28)24-8-4-5-9-25(24)32-19-18-31-23-6-2-1-3-7-23/h1-13H,14-20H2,(H,27,29). The first-order chi connectivity index (χ1) is 15.8. The van der Waals surface area contributed by atoms with Gasteiger partial charge in [0.1, 0.15) is 24.7 Å². The summed E-state index contributed by atoms with van der Waals surface area (Å²) in [4.78, 5) is 15.2. The summed E-state index contributed by atoms with van der Waals surface area (Å²) in [7, 11) is 0. The molecular weight excluding hydrogens is 404 g/mol. The van der Waals surface area contributed by atoms with E-state index in [9.17, 15) is 4.79 Å². The molecule has 0 unspecified atom stereocenters. The van der Waals surface area contributed by atoms with Crippen molar-refractivity contribution < 1.29 is 19.0 Å². The molecule has 0 spiro atoms. The van der Waals surface area contributed by atoms with Gasteiger partial charge in [0.2, 0.25) is 0 Å². The van der Waals surface area contributed by atoms with Crippen molar-refractivity contribution in [3.8, 4) is 11.5 Å². The van der Waals surface area contributed by atoms with Crippen molar-refractivity contribution in [2.24, 2.45) is 0 Å². The fraction of sp³-hybridized carbons (Fsp3) is 0.269. The molecule has 1 heterocycles. The van der Waals surface area contributed by atoms with Crippen LogP contribution in [0.1, 0.15) is 15.9 Å². The van der Waals surface area contributed by atoms with Gasteiger partial charge in [0.15, 0.2) is 0 Å². The summed E-state index contributed by atoms with van der Waals surface area (Å²) in [6, 6.07) is 24.8. The Labute approximate surface area is 188 Å². The van der Waals surface area contributed by atoms with Crippen molar-refractivity contribution in [2.75, 3.05) is 44.8 Å². The third kappa shape index (κ3) is 6.33. The Morgan fingerprint density at radius 1 is 0.844 bits per heavy atom.